The van der Waals surface area contributed by atoms with Crippen LogP contribution >= 0.6 is 0 Å². The lowest BCUT2D eigenvalue weighted by Crippen LogP contribution is -2.31. The molecular formula is C13H19FN2O2S. The maximum absolute atomic E-state index is 13.4. The van der Waals surface area contributed by atoms with Crippen LogP contribution in [0.15, 0.2) is 23.1 Å². The van der Waals surface area contributed by atoms with Crippen molar-refractivity contribution in [1.29, 1.82) is 0 Å². The number of anilines is 1. The SMILES string of the molecule is CN(CC1CCCC1)S(=O)(=O)c1cccc(F)c1N. The van der Waals surface area contributed by atoms with Crippen molar-refractivity contribution in [3.05, 3.63) is 24.0 Å². The molecule has 0 radical (unpaired) electrons. The van der Waals surface area contributed by atoms with Gasteiger partial charge in [-0.1, -0.05) is 18.9 Å². The van der Waals surface area contributed by atoms with Crippen LogP contribution in [0.3, 0.4) is 0 Å². The van der Waals surface area contributed by atoms with Gasteiger partial charge in [-0.25, -0.2) is 17.1 Å². The van der Waals surface area contributed by atoms with E-state index in [9.17, 15) is 12.8 Å². The zero-order chi connectivity index (χ0) is 14.0. The van der Waals surface area contributed by atoms with Crippen LogP contribution in [0.2, 0.25) is 0 Å². The molecule has 1 aliphatic rings. The molecule has 1 fully saturated rings. The number of hydrogen-bond donors (Lipinski definition) is 1. The Morgan fingerprint density at radius 3 is 2.63 bits per heavy atom. The summed E-state index contributed by atoms with van der Waals surface area (Å²) < 4.78 is 39.4. The lowest BCUT2D eigenvalue weighted by Gasteiger charge is -2.21. The summed E-state index contributed by atoms with van der Waals surface area (Å²) in [5.41, 5.74) is 5.23. The summed E-state index contributed by atoms with van der Waals surface area (Å²) in [6, 6.07) is 3.87. The highest BCUT2D eigenvalue weighted by Gasteiger charge is 2.27. The average Bonchev–Trinajstić information content (AvgIpc) is 2.85. The van der Waals surface area contributed by atoms with Crippen LogP contribution in [0.5, 0.6) is 0 Å². The first-order valence-electron chi connectivity index (χ1n) is 6.43. The van der Waals surface area contributed by atoms with Crippen molar-refractivity contribution in [2.75, 3.05) is 19.3 Å². The van der Waals surface area contributed by atoms with E-state index in [0.29, 0.717) is 12.5 Å². The summed E-state index contributed by atoms with van der Waals surface area (Å²) in [4.78, 5) is -0.145. The molecule has 4 nitrogen and oxygen atoms in total. The number of para-hydroxylation sites is 1. The lowest BCUT2D eigenvalue weighted by atomic mass is 10.1. The molecule has 0 aliphatic heterocycles. The third-order valence-corrected chi connectivity index (χ3v) is 5.57. The van der Waals surface area contributed by atoms with Gasteiger partial charge in [0.15, 0.2) is 0 Å². The third-order valence-electron chi connectivity index (χ3n) is 3.69. The second-order valence-electron chi connectivity index (χ2n) is 5.09. The molecule has 0 saturated heterocycles. The molecule has 2 N–H and O–H groups in total. The normalized spacial score (nSPS) is 17.2. The molecule has 0 bridgehead atoms. The summed E-state index contributed by atoms with van der Waals surface area (Å²) >= 11 is 0. The first-order valence-corrected chi connectivity index (χ1v) is 7.87. The van der Waals surface area contributed by atoms with Gasteiger partial charge in [-0.3, -0.25) is 0 Å². The first-order chi connectivity index (χ1) is 8.93. The van der Waals surface area contributed by atoms with E-state index in [1.165, 1.54) is 23.5 Å². The molecule has 6 heteroatoms. The molecule has 0 spiro atoms. The molecule has 0 heterocycles. The van der Waals surface area contributed by atoms with E-state index in [2.05, 4.69) is 0 Å². The number of nitrogens with zero attached hydrogens (tertiary/aromatic N) is 1. The van der Waals surface area contributed by atoms with Gasteiger partial charge >= 0.3 is 0 Å². The highest BCUT2D eigenvalue weighted by molar-refractivity contribution is 7.89. The van der Waals surface area contributed by atoms with Crippen molar-refractivity contribution in [2.45, 2.75) is 30.6 Å². The van der Waals surface area contributed by atoms with Crippen LogP contribution in [0.25, 0.3) is 0 Å². The van der Waals surface area contributed by atoms with Gasteiger partial charge in [0.1, 0.15) is 10.7 Å². The Hall–Kier alpha value is -1.14. The van der Waals surface area contributed by atoms with Gasteiger partial charge in [0.25, 0.3) is 0 Å². The predicted octanol–water partition coefficient (Wildman–Crippen LogP) is 2.22. The van der Waals surface area contributed by atoms with Gasteiger partial charge in [0, 0.05) is 13.6 Å². The summed E-state index contributed by atoms with van der Waals surface area (Å²) in [5.74, 6) is -0.301. The van der Waals surface area contributed by atoms with Crippen LogP contribution in [0.4, 0.5) is 10.1 Å². The Labute approximate surface area is 113 Å². The van der Waals surface area contributed by atoms with Crippen LogP contribution in [-0.2, 0) is 10.0 Å². The molecule has 1 aromatic rings. The van der Waals surface area contributed by atoms with Crippen LogP contribution < -0.4 is 5.73 Å². The van der Waals surface area contributed by atoms with E-state index in [4.69, 9.17) is 5.73 Å². The molecule has 1 aromatic carbocycles. The molecular weight excluding hydrogens is 267 g/mol. The number of hydrogen-bond acceptors (Lipinski definition) is 3. The monoisotopic (exact) mass is 286 g/mol. The predicted molar refractivity (Wildman–Crippen MR) is 72.6 cm³/mol. The number of halogens is 1. The number of nitrogen functional groups attached to an aromatic ring is 1. The maximum atomic E-state index is 13.4. The van der Waals surface area contributed by atoms with Crippen molar-refractivity contribution < 1.29 is 12.8 Å². The Balaban J connectivity index is 2.23. The van der Waals surface area contributed by atoms with E-state index >= 15 is 0 Å². The highest BCUT2D eigenvalue weighted by atomic mass is 32.2. The zero-order valence-corrected chi connectivity index (χ0v) is 11.8. The summed E-state index contributed by atoms with van der Waals surface area (Å²) in [5, 5.41) is 0. The van der Waals surface area contributed by atoms with Crippen molar-refractivity contribution in [3.8, 4) is 0 Å². The van der Waals surface area contributed by atoms with Crippen molar-refractivity contribution in [1.82, 2.24) is 4.31 Å². The summed E-state index contributed by atoms with van der Waals surface area (Å²) in [7, 11) is -2.19. The fraction of sp³-hybridized carbons (Fsp3) is 0.538. The molecule has 19 heavy (non-hydrogen) atoms. The number of rotatable bonds is 4. The second-order valence-corrected chi connectivity index (χ2v) is 7.10. The Bertz CT molecular complexity index is 554. The summed E-state index contributed by atoms with van der Waals surface area (Å²) in [6.07, 6.45) is 4.41. The molecule has 0 atom stereocenters. The quantitative estimate of drug-likeness (QED) is 0.863. The largest absolute Gasteiger partial charge is 0.395 e. The number of nitrogens with two attached hydrogens (primary N) is 1. The van der Waals surface area contributed by atoms with E-state index in [1.54, 1.807) is 0 Å². The van der Waals surface area contributed by atoms with Crippen LogP contribution in [0.1, 0.15) is 25.7 Å². The Morgan fingerprint density at radius 2 is 2.00 bits per heavy atom. The van der Waals surface area contributed by atoms with E-state index in [-0.39, 0.29) is 10.6 Å². The van der Waals surface area contributed by atoms with Gasteiger partial charge < -0.3 is 5.73 Å². The lowest BCUT2D eigenvalue weighted by molar-refractivity contribution is 0.387. The molecule has 0 amide bonds. The van der Waals surface area contributed by atoms with E-state index in [1.807, 2.05) is 0 Å². The molecule has 106 valence electrons. The van der Waals surface area contributed by atoms with Gasteiger partial charge in [-0.15, -0.1) is 0 Å². The van der Waals surface area contributed by atoms with Crippen molar-refractivity contribution >= 4 is 15.7 Å². The highest BCUT2D eigenvalue weighted by Crippen LogP contribution is 2.28. The van der Waals surface area contributed by atoms with Crippen LogP contribution in [0, 0.1) is 11.7 Å². The zero-order valence-electron chi connectivity index (χ0n) is 11.0. The van der Waals surface area contributed by atoms with Gasteiger partial charge in [0.05, 0.1) is 5.69 Å². The average molecular weight is 286 g/mol. The second kappa shape index (κ2) is 5.46. The molecule has 0 unspecified atom stereocenters. The number of benzene rings is 1. The fourth-order valence-corrected chi connectivity index (χ4v) is 3.93. The minimum atomic E-state index is -3.71. The Kier molecular flexibility index (Phi) is 4.10. The minimum absolute atomic E-state index is 0.145. The van der Waals surface area contributed by atoms with Crippen molar-refractivity contribution in [2.24, 2.45) is 5.92 Å². The maximum Gasteiger partial charge on any atom is 0.244 e. The van der Waals surface area contributed by atoms with E-state index in [0.717, 1.165) is 31.7 Å². The van der Waals surface area contributed by atoms with Crippen LogP contribution in [-0.4, -0.2) is 26.3 Å². The van der Waals surface area contributed by atoms with Gasteiger partial charge in [-0.05, 0) is 30.9 Å². The Morgan fingerprint density at radius 1 is 1.37 bits per heavy atom. The standard InChI is InChI=1S/C13H19FN2O2S/c1-16(9-10-5-2-3-6-10)19(17,18)12-8-4-7-11(14)13(12)15/h4,7-8,10H,2-3,5-6,9,15H2,1H3. The van der Waals surface area contributed by atoms with E-state index < -0.39 is 15.8 Å². The molecule has 1 aliphatic carbocycles. The topological polar surface area (TPSA) is 63.4 Å². The van der Waals surface area contributed by atoms with Gasteiger partial charge in [0.2, 0.25) is 10.0 Å². The molecule has 2 rings (SSSR count). The smallest absolute Gasteiger partial charge is 0.244 e. The van der Waals surface area contributed by atoms with Crippen molar-refractivity contribution in [3.63, 3.8) is 0 Å². The number of sulfonamides is 1. The van der Waals surface area contributed by atoms with Gasteiger partial charge in [-0.2, -0.15) is 0 Å². The molecule has 1 saturated carbocycles. The summed E-state index contributed by atoms with van der Waals surface area (Å²) in [6.45, 7) is 0.471. The minimum Gasteiger partial charge on any atom is -0.395 e. The molecule has 0 aromatic heterocycles. The first kappa shape index (κ1) is 14.3. The third kappa shape index (κ3) is 2.90. The fourth-order valence-electron chi connectivity index (χ4n) is 2.56.